The molecular formula is C12H15N3O2. The molecule has 0 unspecified atom stereocenters. The fourth-order valence-electron chi connectivity index (χ4n) is 1.46. The maximum atomic E-state index is 9.60. The second-order valence-corrected chi connectivity index (χ2v) is 3.55. The van der Waals surface area contributed by atoms with E-state index in [1.165, 1.54) is 6.08 Å². The Morgan fingerprint density at radius 3 is 2.65 bits per heavy atom. The van der Waals surface area contributed by atoms with E-state index in [0.717, 1.165) is 11.3 Å². The highest BCUT2D eigenvalue weighted by Crippen LogP contribution is 2.15. The van der Waals surface area contributed by atoms with Crippen LogP contribution >= 0.6 is 0 Å². The zero-order valence-electron chi connectivity index (χ0n) is 9.65. The summed E-state index contributed by atoms with van der Waals surface area (Å²) in [6.45, 7) is 3.48. The number of azide groups is 1. The molecule has 0 spiro atoms. The van der Waals surface area contributed by atoms with E-state index in [1.54, 1.807) is 7.11 Å². The van der Waals surface area contributed by atoms with Gasteiger partial charge in [-0.25, -0.2) is 0 Å². The standard InChI is InChI=1S/C12H15N3O2/c1-3-12(16)11(14-15-13)8-9-4-6-10(17-2)7-5-9/h3-7,11-12,16H,1,8H2,2H3/t11-,12-/m1/s1. The van der Waals surface area contributed by atoms with Crippen molar-refractivity contribution in [3.05, 3.63) is 52.9 Å². The van der Waals surface area contributed by atoms with E-state index in [2.05, 4.69) is 16.6 Å². The minimum absolute atomic E-state index is 0.460. The maximum absolute atomic E-state index is 9.60. The summed E-state index contributed by atoms with van der Waals surface area (Å²) in [5.74, 6) is 0.762. The van der Waals surface area contributed by atoms with E-state index < -0.39 is 12.1 Å². The molecule has 5 heteroatoms. The van der Waals surface area contributed by atoms with Crippen LogP contribution in [0.1, 0.15) is 5.56 Å². The molecule has 0 bridgehead atoms. The first kappa shape index (κ1) is 13.1. The lowest BCUT2D eigenvalue weighted by molar-refractivity contribution is 0.191. The average molecular weight is 233 g/mol. The summed E-state index contributed by atoms with van der Waals surface area (Å²) < 4.78 is 5.04. The first-order valence-electron chi connectivity index (χ1n) is 5.19. The highest BCUT2D eigenvalue weighted by Gasteiger charge is 2.15. The van der Waals surface area contributed by atoms with Gasteiger partial charge in [-0.05, 0) is 29.6 Å². The molecule has 0 amide bonds. The van der Waals surface area contributed by atoms with Gasteiger partial charge in [0.2, 0.25) is 0 Å². The van der Waals surface area contributed by atoms with Gasteiger partial charge in [0.25, 0.3) is 0 Å². The molecule has 0 aliphatic carbocycles. The summed E-state index contributed by atoms with van der Waals surface area (Å²) >= 11 is 0. The second kappa shape index (κ2) is 6.58. The lowest BCUT2D eigenvalue weighted by atomic mass is 10.0. The molecule has 2 atom stereocenters. The van der Waals surface area contributed by atoms with Crippen LogP contribution in [-0.2, 0) is 6.42 Å². The zero-order valence-corrected chi connectivity index (χ0v) is 9.65. The Hall–Kier alpha value is -1.97. The smallest absolute Gasteiger partial charge is 0.118 e. The van der Waals surface area contributed by atoms with Gasteiger partial charge in [0.15, 0.2) is 0 Å². The first-order chi connectivity index (χ1) is 8.21. The van der Waals surface area contributed by atoms with Crippen molar-refractivity contribution in [3.63, 3.8) is 0 Å². The van der Waals surface area contributed by atoms with E-state index in [4.69, 9.17) is 10.3 Å². The fraction of sp³-hybridized carbons (Fsp3) is 0.333. The molecule has 0 aromatic heterocycles. The third kappa shape index (κ3) is 3.83. The summed E-state index contributed by atoms with van der Waals surface area (Å²) in [4.78, 5) is 2.73. The van der Waals surface area contributed by atoms with Crippen LogP contribution in [0.5, 0.6) is 5.75 Å². The summed E-state index contributed by atoms with van der Waals surface area (Å²) in [5.41, 5.74) is 9.40. The highest BCUT2D eigenvalue weighted by atomic mass is 16.5. The van der Waals surface area contributed by atoms with Crippen molar-refractivity contribution in [2.45, 2.75) is 18.6 Å². The van der Waals surface area contributed by atoms with Gasteiger partial charge in [0.05, 0.1) is 19.3 Å². The molecule has 17 heavy (non-hydrogen) atoms. The number of benzene rings is 1. The Balaban J connectivity index is 2.78. The van der Waals surface area contributed by atoms with Gasteiger partial charge >= 0.3 is 0 Å². The lowest BCUT2D eigenvalue weighted by Crippen LogP contribution is -2.23. The van der Waals surface area contributed by atoms with Crippen LogP contribution in [0.15, 0.2) is 42.0 Å². The molecule has 90 valence electrons. The quantitative estimate of drug-likeness (QED) is 0.354. The summed E-state index contributed by atoms with van der Waals surface area (Å²) in [7, 11) is 1.60. The van der Waals surface area contributed by atoms with Gasteiger partial charge in [-0.3, -0.25) is 0 Å². The average Bonchev–Trinajstić information content (AvgIpc) is 2.38. The van der Waals surface area contributed by atoms with Crippen molar-refractivity contribution in [2.24, 2.45) is 5.11 Å². The van der Waals surface area contributed by atoms with Crippen LogP contribution in [0.25, 0.3) is 10.4 Å². The van der Waals surface area contributed by atoms with Crippen molar-refractivity contribution in [3.8, 4) is 5.75 Å². The van der Waals surface area contributed by atoms with Crippen molar-refractivity contribution in [1.82, 2.24) is 0 Å². The van der Waals surface area contributed by atoms with Crippen LogP contribution in [0.4, 0.5) is 0 Å². The number of nitrogens with zero attached hydrogens (tertiary/aromatic N) is 3. The Labute approximate surface area is 100.0 Å². The number of aliphatic hydroxyl groups is 1. The Morgan fingerprint density at radius 2 is 2.18 bits per heavy atom. The Bertz CT molecular complexity index is 410. The summed E-state index contributed by atoms with van der Waals surface area (Å²) in [6, 6.07) is 6.85. The van der Waals surface area contributed by atoms with Crippen molar-refractivity contribution < 1.29 is 9.84 Å². The number of hydrogen-bond donors (Lipinski definition) is 1. The van der Waals surface area contributed by atoms with Crippen molar-refractivity contribution in [2.75, 3.05) is 7.11 Å². The van der Waals surface area contributed by atoms with Crippen LogP contribution in [0, 0.1) is 0 Å². The molecule has 0 aliphatic heterocycles. The molecule has 1 rings (SSSR count). The van der Waals surface area contributed by atoms with Crippen LogP contribution in [0.3, 0.4) is 0 Å². The van der Waals surface area contributed by atoms with E-state index >= 15 is 0 Å². The normalized spacial score (nSPS) is 13.3. The first-order valence-corrected chi connectivity index (χ1v) is 5.19. The summed E-state index contributed by atoms with van der Waals surface area (Å²) in [5, 5.41) is 13.2. The molecule has 0 aliphatic rings. The predicted molar refractivity (Wildman–Crippen MR) is 65.8 cm³/mol. The lowest BCUT2D eigenvalue weighted by Gasteiger charge is -2.14. The van der Waals surface area contributed by atoms with E-state index in [1.807, 2.05) is 24.3 Å². The minimum atomic E-state index is -0.840. The minimum Gasteiger partial charge on any atom is -0.497 e. The Morgan fingerprint density at radius 1 is 1.53 bits per heavy atom. The third-order valence-corrected chi connectivity index (χ3v) is 2.44. The van der Waals surface area contributed by atoms with E-state index in [9.17, 15) is 5.11 Å². The monoisotopic (exact) mass is 233 g/mol. The van der Waals surface area contributed by atoms with Gasteiger partial charge in [-0.15, -0.1) is 6.58 Å². The molecule has 0 saturated carbocycles. The number of methoxy groups -OCH3 is 1. The molecule has 1 N–H and O–H groups in total. The molecule has 0 saturated heterocycles. The van der Waals surface area contributed by atoms with Gasteiger partial charge < -0.3 is 9.84 Å². The third-order valence-electron chi connectivity index (χ3n) is 2.44. The van der Waals surface area contributed by atoms with Gasteiger partial charge in [-0.2, -0.15) is 0 Å². The molecule has 1 aromatic carbocycles. The number of ether oxygens (including phenoxy) is 1. The fourth-order valence-corrected chi connectivity index (χ4v) is 1.46. The number of rotatable bonds is 6. The topological polar surface area (TPSA) is 78.2 Å². The molecular weight excluding hydrogens is 218 g/mol. The largest absolute Gasteiger partial charge is 0.497 e. The molecule has 0 heterocycles. The molecule has 1 aromatic rings. The summed E-state index contributed by atoms with van der Waals surface area (Å²) in [6.07, 6.45) is 0.984. The Kier molecular flexibility index (Phi) is 5.07. The number of aliphatic hydroxyl groups excluding tert-OH is 1. The predicted octanol–water partition coefficient (Wildman–Crippen LogP) is 2.46. The van der Waals surface area contributed by atoms with Crippen molar-refractivity contribution in [1.29, 1.82) is 0 Å². The van der Waals surface area contributed by atoms with Gasteiger partial charge in [0, 0.05) is 4.91 Å². The SMILES string of the molecule is C=C[C@@H](O)[C@@H](Cc1ccc(OC)cc1)N=[N+]=[N-]. The van der Waals surface area contributed by atoms with Crippen LogP contribution in [0.2, 0.25) is 0 Å². The van der Waals surface area contributed by atoms with E-state index in [-0.39, 0.29) is 0 Å². The maximum Gasteiger partial charge on any atom is 0.118 e. The molecule has 0 radical (unpaired) electrons. The van der Waals surface area contributed by atoms with Gasteiger partial charge in [-0.1, -0.05) is 23.3 Å². The number of hydrogen-bond acceptors (Lipinski definition) is 3. The highest BCUT2D eigenvalue weighted by molar-refractivity contribution is 5.27. The zero-order chi connectivity index (χ0) is 12.7. The van der Waals surface area contributed by atoms with Crippen LogP contribution in [-0.4, -0.2) is 24.4 Å². The van der Waals surface area contributed by atoms with Gasteiger partial charge in [0.1, 0.15) is 5.75 Å². The molecule has 5 nitrogen and oxygen atoms in total. The van der Waals surface area contributed by atoms with Crippen molar-refractivity contribution >= 4 is 0 Å². The van der Waals surface area contributed by atoms with E-state index in [0.29, 0.717) is 6.42 Å². The molecule has 0 fully saturated rings. The second-order valence-electron chi connectivity index (χ2n) is 3.55. The van der Waals surface area contributed by atoms with Crippen LogP contribution < -0.4 is 4.74 Å².